The van der Waals surface area contributed by atoms with E-state index in [-0.39, 0.29) is 11.2 Å². The van der Waals surface area contributed by atoms with Crippen molar-refractivity contribution in [2.75, 3.05) is 12.4 Å². The summed E-state index contributed by atoms with van der Waals surface area (Å²) in [5.74, 6) is 1.20. The third-order valence-electron chi connectivity index (χ3n) is 3.70. The monoisotopic (exact) mass is 391 g/mol. The van der Waals surface area contributed by atoms with Crippen molar-refractivity contribution in [3.63, 3.8) is 0 Å². The molecule has 8 nitrogen and oxygen atoms in total. The van der Waals surface area contributed by atoms with Gasteiger partial charge in [0.15, 0.2) is 4.34 Å². The van der Waals surface area contributed by atoms with Crippen LogP contribution in [-0.2, 0) is 19.8 Å². The SMILES string of the molecule is COc1cccc(Nc2nnc(SCc3cc(=O)n(C)c(=O)n3C)s2)c1. The Labute approximate surface area is 157 Å². The Bertz CT molecular complexity index is 1040. The number of aromatic nitrogens is 4. The number of nitrogens with zero attached hydrogens (tertiary/aromatic N) is 4. The van der Waals surface area contributed by atoms with E-state index in [1.165, 1.54) is 40.8 Å². The summed E-state index contributed by atoms with van der Waals surface area (Å²) in [5, 5.41) is 12.1. The maximum Gasteiger partial charge on any atom is 0.330 e. The maximum absolute atomic E-state index is 12.0. The third kappa shape index (κ3) is 3.97. The Balaban J connectivity index is 1.69. The highest BCUT2D eigenvalue weighted by molar-refractivity contribution is 8.00. The molecule has 0 fully saturated rings. The van der Waals surface area contributed by atoms with Gasteiger partial charge in [0, 0.05) is 43.4 Å². The summed E-state index contributed by atoms with van der Waals surface area (Å²) in [6, 6.07) is 8.98. The van der Waals surface area contributed by atoms with Crippen molar-refractivity contribution < 1.29 is 4.74 Å². The van der Waals surface area contributed by atoms with Crippen LogP contribution in [0.15, 0.2) is 44.3 Å². The van der Waals surface area contributed by atoms with Crippen LogP contribution in [0.4, 0.5) is 10.8 Å². The lowest BCUT2D eigenvalue weighted by Crippen LogP contribution is -2.37. The first-order valence-corrected chi connectivity index (χ1v) is 9.41. The van der Waals surface area contributed by atoms with Crippen molar-refractivity contribution in [3.05, 3.63) is 56.9 Å². The van der Waals surface area contributed by atoms with Crippen LogP contribution in [0.2, 0.25) is 0 Å². The normalized spacial score (nSPS) is 10.7. The predicted molar refractivity (Wildman–Crippen MR) is 103 cm³/mol. The van der Waals surface area contributed by atoms with E-state index < -0.39 is 0 Å². The van der Waals surface area contributed by atoms with Crippen LogP contribution in [0.25, 0.3) is 0 Å². The summed E-state index contributed by atoms with van der Waals surface area (Å²) >= 11 is 2.82. The lowest BCUT2D eigenvalue weighted by Gasteiger charge is -2.07. The van der Waals surface area contributed by atoms with Crippen LogP contribution >= 0.6 is 23.1 Å². The van der Waals surface area contributed by atoms with Gasteiger partial charge in [0.1, 0.15) is 5.75 Å². The number of thioether (sulfide) groups is 1. The number of benzene rings is 1. The molecule has 0 radical (unpaired) electrons. The molecule has 0 saturated carbocycles. The Morgan fingerprint density at radius 3 is 2.77 bits per heavy atom. The second-order valence-electron chi connectivity index (χ2n) is 5.39. The quantitative estimate of drug-likeness (QED) is 0.643. The molecule has 3 rings (SSSR count). The Morgan fingerprint density at radius 1 is 1.19 bits per heavy atom. The molecule has 0 saturated heterocycles. The molecule has 0 aliphatic carbocycles. The number of anilines is 2. The van der Waals surface area contributed by atoms with E-state index in [0.717, 1.165) is 20.3 Å². The van der Waals surface area contributed by atoms with Gasteiger partial charge in [-0.25, -0.2) is 4.79 Å². The van der Waals surface area contributed by atoms with Gasteiger partial charge in [0.2, 0.25) is 5.13 Å². The van der Waals surface area contributed by atoms with Gasteiger partial charge in [-0.05, 0) is 12.1 Å². The molecule has 26 heavy (non-hydrogen) atoms. The maximum atomic E-state index is 12.0. The first-order chi connectivity index (χ1) is 12.5. The highest BCUT2D eigenvalue weighted by atomic mass is 32.2. The van der Waals surface area contributed by atoms with Gasteiger partial charge in [0.05, 0.1) is 7.11 Å². The molecule has 2 aromatic heterocycles. The predicted octanol–water partition coefficient (Wildman–Crippen LogP) is 1.98. The van der Waals surface area contributed by atoms with Gasteiger partial charge >= 0.3 is 5.69 Å². The summed E-state index contributed by atoms with van der Waals surface area (Å²) in [6.07, 6.45) is 0. The molecule has 0 aliphatic rings. The van der Waals surface area contributed by atoms with E-state index in [2.05, 4.69) is 15.5 Å². The molecule has 1 aromatic carbocycles. The van der Waals surface area contributed by atoms with Gasteiger partial charge in [0.25, 0.3) is 5.56 Å². The van der Waals surface area contributed by atoms with Gasteiger partial charge in [-0.3, -0.25) is 13.9 Å². The zero-order valence-electron chi connectivity index (χ0n) is 14.4. The average molecular weight is 391 g/mol. The van der Waals surface area contributed by atoms with Crippen LogP contribution < -0.4 is 21.3 Å². The molecule has 2 heterocycles. The molecular formula is C16H17N5O3S2. The van der Waals surface area contributed by atoms with Gasteiger partial charge in [-0.2, -0.15) is 0 Å². The number of hydrogen-bond acceptors (Lipinski definition) is 8. The minimum Gasteiger partial charge on any atom is -0.497 e. The van der Waals surface area contributed by atoms with Crippen molar-refractivity contribution in [1.29, 1.82) is 0 Å². The number of methoxy groups -OCH3 is 1. The lowest BCUT2D eigenvalue weighted by atomic mass is 10.3. The van der Waals surface area contributed by atoms with Crippen LogP contribution in [0.3, 0.4) is 0 Å². The number of rotatable bonds is 6. The fourth-order valence-electron chi connectivity index (χ4n) is 2.20. The highest BCUT2D eigenvalue weighted by Gasteiger charge is 2.10. The van der Waals surface area contributed by atoms with Crippen molar-refractivity contribution in [3.8, 4) is 5.75 Å². The van der Waals surface area contributed by atoms with Crippen molar-refractivity contribution in [2.45, 2.75) is 10.1 Å². The smallest absolute Gasteiger partial charge is 0.330 e. The van der Waals surface area contributed by atoms with E-state index in [1.807, 2.05) is 24.3 Å². The summed E-state index contributed by atoms with van der Waals surface area (Å²) in [4.78, 5) is 23.7. The second kappa shape index (κ2) is 7.75. The van der Waals surface area contributed by atoms with E-state index >= 15 is 0 Å². The summed E-state index contributed by atoms with van der Waals surface area (Å²) < 4.78 is 8.47. The molecule has 10 heteroatoms. The highest BCUT2D eigenvalue weighted by Crippen LogP contribution is 2.30. The van der Waals surface area contributed by atoms with Crippen LogP contribution in [0.1, 0.15) is 5.69 Å². The number of hydrogen-bond donors (Lipinski definition) is 1. The van der Waals surface area contributed by atoms with E-state index in [4.69, 9.17) is 4.74 Å². The van der Waals surface area contributed by atoms with Crippen LogP contribution in [0, 0.1) is 0 Å². The summed E-state index contributed by atoms with van der Waals surface area (Å²) in [6.45, 7) is 0. The third-order valence-corrected chi connectivity index (χ3v) is 5.70. The lowest BCUT2D eigenvalue weighted by molar-refractivity contribution is 0.415. The average Bonchev–Trinajstić information content (AvgIpc) is 3.09. The Kier molecular flexibility index (Phi) is 5.43. The number of nitrogens with one attached hydrogen (secondary N) is 1. The van der Waals surface area contributed by atoms with E-state index in [1.54, 1.807) is 14.2 Å². The number of ether oxygens (including phenoxy) is 1. The van der Waals surface area contributed by atoms with Crippen LogP contribution in [-0.4, -0.2) is 26.4 Å². The largest absolute Gasteiger partial charge is 0.497 e. The first-order valence-electron chi connectivity index (χ1n) is 7.61. The second-order valence-corrected chi connectivity index (χ2v) is 7.59. The van der Waals surface area contributed by atoms with Crippen molar-refractivity contribution in [2.24, 2.45) is 14.1 Å². The van der Waals surface area contributed by atoms with Gasteiger partial charge in [-0.15, -0.1) is 10.2 Å². The zero-order chi connectivity index (χ0) is 18.7. The Morgan fingerprint density at radius 2 is 2.00 bits per heavy atom. The molecule has 0 unspecified atom stereocenters. The summed E-state index contributed by atoms with van der Waals surface area (Å²) in [5.41, 5.74) is 0.832. The van der Waals surface area contributed by atoms with E-state index in [0.29, 0.717) is 16.6 Å². The standard InChI is InChI=1S/C16H17N5O3S2/c1-20-11(8-13(22)21(2)16(20)23)9-25-15-19-18-14(26-15)17-10-5-4-6-12(7-10)24-3/h4-8H,9H2,1-3H3,(H,17,18). The molecule has 0 atom stereocenters. The molecule has 0 aliphatic heterocycles. The fourth-order valence-corrected chi connectivity index (χ4v) is 3.99. The fraction of sp³-hybridized carbons (Fsp3) is 0.250. The van der Waals surface area contributed by atoms with Crippen molar-refractivity contribution in [1.82, 2.24) is 19.3 Å². The molecule has 136 valence electrons. The molecule has 3 aromatic rings. The Hall–Kier alpha value is -2.59. The molecular weight excluding hydrogens is 374 g/mol. The topological polar surface area (TPSA) is 91.0 Å². The van der Waals surface area contributed by atoms with Gasteiger partial charge < -0.3 is 10.1 Å². The van der Waals surface area contributed by atoms with E-state index in [9.17, 15) is 9.59 Å². The molecule has 0 bridgehead atoms. The van der Waals surface area contributed by atoms with Crippen molar-refractivity contribution >= 4 is 33.9 Å². The zero-order valence-corrected chi connectivity index (χ0v) is 16.1. The first kappa shape index (κ1) is 18.2. The minimum absolute atomic E-state index is 0.318. The molecule has 0 spiro atoms. The molecule has 0 amide bonds. The van der Waals surface area contributed by atoms with Gasteiger partial charge in [-0.1, -0.05) is 29.2 Å². The van der Waals surface area contributed by atoms with Crippen LogP contribution in [0.5, 0.6) is 5.75 Å². The summed E-state index contributed by atoms with van der Waals surface area (Å²) in [7, 11) is 4.72. The molecule has 1 N–H and O–H groups in total. The minimum atomic E-state index is -0.342.